The Balaban J connectivity index is 2.49. The van der Waals surface area contributed by atoms with Gasteiger partial charge in [-0.2, -0.15) is 13.2 Å². The third kappa shape index (κ3) is 4.06. The van der Waals surface area contributed by atoms with Gasteiger partial charge in [-0.15, -0.1) is 0 Å². The summed E-state index contributed by atoms with van der Waals surface area (Å²) in [5.41, 5.74) is 0. The van der Waals surface area contributed by atoms with Crippen LogP contribution >= 0.6 is 0 Å². The van der Waals surface area contributed by atoms with Gasteiger partial charge >= 0.3 is 6.18 Å². The molecule has 1 fully saturated rings. The van der Waals surface area contributed by atoms with Crippen molar-refractivity contribution in [2.24, 2.45) is 5.10 Å². The van der Waals surface area contributed by atoms with Crippen molar-refractivity contribution in [2.75, 3.05) is 19.6 Å². The highest BCUT2D eigenvalue weighted by atomic mass is 19.4. The molecule has 10 heteroatoms. The van der Waals surface area contributed by atoms with Gasteiger partial charge in [-0.25, -0.2) is 10.1 Å². The van der Waals surface area contributed by atoms with Gasteiger partial charge in [0.25, 0.3) is 5.96 Å². The number of hydrogen-bond donors (Lipinski definition) is 2. The van der Waals surface area contributed by atoms with Crippen molar-refractivity contribution in [1.82, 2.24) is 10.2 Å². The van der Waals surface area contributed by atoms with Crippen LogP contribution in [0.4, 0.5) is 13.2 Å². The smallest absolute Gasteiger partial charge is 0.384 e. The van der Waals surface area contributed by atoms with Crippen molar-refractivity contribution in [2.45, 2.75) is 18.7 Å². The number of nitro groups is 1. The fourth-order valence-electron chi connectivity index (χ4n) is 1.36. The van der Waals surface area contributed by atoms with Crippen molar-refractivity contribution in [3.05, 3.63) is 10.1 Å². The molecule has 0 saturated carbocycles. The van der Waals surface area contributed by atoms with Crippen LogP contribution in [0, 0.1) is 10.1 Å². The Morgan fingerprint density at radius 3 is 2.82 bits per heavy atom. The molecular formula is C7H11F3N4O3. The Bertz CT molecular complexity index is 320. The standard InChI is InChI=1S/C7H11F3N4O3/c8-7(9,10)5(15)1-3-13-4-2-11-6(13)12-14(16)17/h5,15H,1-4H2,(H,11,12). The first-order valence-electron chi connectivity index (χ1n) is 4.77. The monoisotopic (exact) mass is 256 g/mol. The summed E-state index contributed by atoms with van der Waals surface area (Å²) in [5, 5.41) is 23.5. The highest BCUT2D eigenvalue weighted by molar-refractivity contribution is 5.81. The number of hydrazone groups is 1. The quantitative estimate of drug-likeness (QED) is 0.534. The van der Waals surface area contributed by atoms with E-state index in [9.17, 15) is 23.3 Å². The number of alkyl halides is 3. The van der Waals surface area contributed by atoms with Crippen LogP contribution in [0.25, 0.3) is 0 Å². The van der Waals surface area contributed by atoms with E-state index in [-0.39, 0.29) is 12.5 Å². The number of nitrogens with one attached hydrogen (secondary N) is 1. The molecule has 0 amide bonds. The molecule has 1 unspecified atom stereocenters. The van der Waals surface area contributed by atoms with Gasteiger partial charge in [-0.1, -0.05) is 0 Å². The van der Waals surface area contributed by atoms with Crippen molar-refractivity contribution in [3.63, 3.8) is 0 Å². The van der Waals surface area contributed by atoms with Crippen LogP contribution in [0.15, 0.2) is 5.10 Å². The predicted octanol–water partition coefficient (Wildman–Crippen LogP) is -0.247. The van der Waals surface area contributed by atoms with Crippen LogP contribution in [0.5, 0.6) is 0 Å². The van der Waals surface area contributed by atoms with Crippen LogP contribution < -0.4 is 5.32 Å². The van der Waals surface area contributed by atoms with Crippen LogP contribution in [0.3, 0.4) is 0 Å². The fraction of sp³-hybridized carbons (Fsp3) is 0.857. The minimum absolute atomic E-state index is 0.0793. The Kier molecular flexibility index (Phi) is 4.10. The maximum atomic E-state index is 12.0. The molecule has 1 heterocycles. The van der Waals surface area contributed by atoms with Crippen LogP contribution in [0.2, 0.25) is 0 Å². The van der Waals surface area contributed by atoms with Gasteiger partial charge in [-0.05, 0) is 6.42 Å². The third-order valence-corrected chi connectivity index (χ3v) is 2.19. The average molecular weight is 256 g/mol. The van der Waals surface area contributed by atoms with E-state index in [2.05, 4.69) is 10.4 Å². The molecule has 0 aromatic carbocycles. The summed E-state index contributed by atoms with van der Waals surface area (Å²) in [4.78, 5) is 11.4. The van der Waals surface area contributed by atoms with E-state index in [0.29, 0.717) is 13.1 Å². The molecule has 0 spiro atoms. The second-order valence-electron chi connectivity index (χ2n) is 3.42. The van der Waals surface area contributed by atoms with Crippen LogP contribution in [-0.2, 0) is 0 Å². The molecule has 1 saturated heterocycles. The van der Waals surface area contributed by atoms with Gasteiger partial charge in [0, 0.05) is 19.6 Å². The van der Waals surface area contributed by atoms with Crippen LogP contribution in [0.1, 0.15) is 6.42 Å². The summed E-state index contributed by atoms with van der Waals surface area (Å²) in [6.07, 6.45) is -7.66. The lowest BCUT2D eigenvalue weighted by Gasteiger charge is -2.19. The predicted molar refractivity (Wildman–Crippen MR) is 50.7 cm³/mol. The molecule has 2 N–H and O–H groups in total. The van der Waals surface area contributed by atoms with E-state index in [1.54, 1.807) is 0 Å². The summed E-state index contributed by atoms with van der Waals surface area (Å²) in [6.45, 7) is 0.534. The van der Waals surface area contributed by atoms with Crippen molar-refractivity contribution < 1.29 is 23.3 Å². The molecule has 1 atom stereocenters. The highest BCUT2D eigenvalue weighted by Crippen LogP contribution is 2.22. The lowest BCUT2D eigenvalue weighted by molar-refractivity contribution is -0.485. The van der Waals surface area contributed by atoms with Gasteiger partial charge in [-0.3, -0.25) is 0 Å². The minimum Gasteiger partial charge on any atom is -0.384 e. The number of aliphatic hydroxyl groups is 1. The zero-order chi connectivity index (χ0) is 13.1. The lowest BCUT2D eigenvalue weighted by atomic mass is 10.2. The SMILES string of the molecule is O=[N+]([O-])/N=C1\NCCN1CCC(O)C(F)(F)F. The van der Waals surface area contributed by atoms with Crippen molar-refractivity contribution in [1.29, 1.82) is 0 Å². The molecule has 0 radical (unpaired) electrons. The summed E-state index contributed by atoms with van der Waals surface area (Å²) in [7, 11) is 0. The van der Waals surface area contributed by atoms with Crippen LogP contribution in [-0.4, -0.2) is 52.9 Å². The lowest BCUT2D eigenvalue weighted by Crippen LogP contribution is -2.36. The summed E-state index contributed by atoms with van der Waals surface area (Å²) < 4.78 is 36.0. The number of halogens is 3. The summed E-state index contributed by atoms with van der Waals surface area (Å²) >= 11 is 0. The van der Waals surface area contributed by atoms with Gasteiger partial charge in [0.2, 0.25) is 0 Å². The molecule has 0 aliphatic carbocycles. The first-order valence-corrected chi connectivity index (χ1v) is 4.77. The molecule has 1 aliphatic heterocycles. The second kappa shape index (κ2) is 5.17. The Morgan fingerprint density at radius 2 is 2.29 bits per heavy atom. The molecule has 0 bridgehead atoms. The molecule has 98 valence electrons. The second-order valence-corrected chi connectivity index (χ2v) is 3.42. The first-order chi connectivity index (χ1) is 7.80. The maximum Gasteiger partial charge on any atom is 0.414 e. The number of guanidine groups is 1. The highest BCUT2D eigenvalue weighted by Gasteiger charge is 2.38. The van der Waals surface area contributed by atoms with Gasteiger partial charge in [0.05, 0.1) is 0 Å². The largest absolute Gasteiger partial charge is 0.414 e. The van der Waals surface area contributed by atoms with Gasteiger partial charge in [0.15, 0.2) is 11.1 Å². The topological polar surface area (TPSA) is 91.0 Å². The number of aliphatic hydroxyl groups excluding tert-OH is 1. The van der Waals surface area contributed by atoms with Crippen molar-refractivity contribution >= 4 is 5.96 Å². The normalized spacial score (nSPS) is 20.5. The fourth-order valence-corrected chi connectivity index (χ4v) is 1.36. The molecule has 1 rings (SSSR count). The minimum atomic E-state index is -4.67. The summed E-state index contributed by atoms with van der Waals surface area (Å²) in [6, 6.07) is 0. The average Bonchev–Trinajstić information content (AvgIpc) is 2.59. The number of nitrogens with zero attached hydrogens (tertiary/aromatic N) is 3. The Hall–Kier alpha value is -1.58. The third-order valence-electron chi connectivity index (χ3n) is 2.19. The van der Waals surface area contributed by atoms with E-state index in [1.807, 2.05) is 0 Å². The molecule has 0 aromatic rings. The van der Waals surface area contributed by atoms with Gasteiger partial charge < -0.3 is 15.3 Å². The molecule has 7 nitrogen and oxygen atoms in total. The first kappa shape index (κ1) is 13.5. The maximum absolute atomic E-state index is 12.0. The van der Waals surface area contributed by atoms with E-state index in [1.165, 1.54) is 4.90 Å². The van der Waals surface area contributed by atoms with Crippen molar-refractivity contribution in [3.8, 4) is 0 Å². The van der Waals surface area contributed by atoms with E-state index >= 15 is 0 Å². The summed E-state index contributed by atoms with van der Waals surface area (Å²) in [5.74, 6) is -0.0793. The zero-order valence-corrected chi connectivity index (χ0v) is 8.65. The number of hydrogen-bond acceptors (Lipinski definition) is 3. The molecule has 1 aliphatic rings. The zero-order valence-electron chi connectivity index (χ0n) is 8.65. The number of rotatable bonds is 4. The molecule has 17 heavy (non-hydrogen) atoms. The Labute approximate surface area is 94.0 Å². The van der Waals surface area contributed by atoms with E-state index in [4.69, 9.17) is 5.11 Å². The molecular weight excluding hydrogens is 245 g/mol. The Morgan fingerprint density at radius 1 is 1.65 bits per heavy atom. The van der Waals surface area contributed by atoms with E-state index < -0.39 is 23.7 Å². The molecule has 0 aromatic heterocycles. The van der Waals surface area contributed by atoms with Gasteiger partial charge in [0.1, 0.15) is 5.10 Å². The van der Waals surface area contributed by atoms with E-state index in [0.717, 1.165) is 0 Å².